The highest BCUT2D eigenvalue weighted by molar-refractivity contribution is 4.87. The third-order valence-corrected chi connectivity index (χ3v) is 3.84. The normalized spacial score (nSPS) is 41.1. The van der Waals surface area contributed by atoms with Crippen LogP contribution < -0.4 is 11.5 Å². The lowest BCUT2D eigenvalue weighted by Crippen LogP contribution is -2.44. The zero-order chi connectivity index (χ0) is 10.0. The van der Waals surface area contributed by atoms with Gasteiger partial charge in [0.15, 0.2) is 0 Å². The Hall–Kier alpha value is -0.0800. The van der Waals surface area contributed by atoms with Crippen LogP contribution in [-0.2, 0) is 0 Å². The smallest absolute Gasteiger partial charge is 0.00703 e. The summed E-state index contributed by atoms with van der Waals surface area (Å²) in [5.74, 6) is 2.81. The molecule has 1 aliphatic carbocycles. The Morgan fingerprint density at radius 1 is 1.31 bits per heavy atom. The minimum absolute atomic E-state index is 0.370. The zero-order valence-corrected chi connectivity index (χ0v) is 9.16. The van der Waals surface area contributed by atoms with Gasteiger partial charge in [0, 0.05) is 6.04 Å². The van der Waals surface area contributed by atoms with Gasteiger partial charge in [0.1, 0.15) is 0 Å². The molecule has 1 saturated carbocycles. The number of nitrogens with two attached hydrogens (primary N) is 2. The van der Waals surface area contributed by atoms with Crippen LogP contribution in [0.25, 0.3) is 0 Å². The highest BCUT2D eigenvalue weighted by Gasteiger charge is 2.33. The van der Waals surface area contributed by atoms with E-state index < -0.39 is 0 Å². The fraction of sp³-hybridized carbons (Fsp3) is 1.00. The summed E-state index contributed by atoms with van der Waals surface area (Å²) in [5, 5.41) is 0. The Kier molecular flexibility index (Phi) is 3.74. The van der Waals surface area contributed by atoms with E-state index in [0.717, 1.165) is 18.4 Å². The van der Waals surface area contributed by atoms with Gasteiger partial charge in [-0.15, -0.1) is 0 Å². The van der Waals surface area contributed by atoms with Crippen molar-refractivity contribution in [1.82, 2.24) is 0 Å². The first kappa shape index (κ1) is 11.0. The third-order valence-electron chi connectivity index (χ3n) is 3.84. The molecule has 4 atom stereocenters. The zero-order valence-electron chi connectivity index (χ0n) is 9.16. The second-order valence-corrected chi connectivity index (χ2v) is 4.99. The maximum Gasteiger partial charge on any atom is 0.00703 e. The Bertz CT molecular complexity index is 156. The van der Waals surface area contributed by atoms with Gasteiger partial charge >= 0.3 is 0 Å². The van der Waals surface area contributed by atoms with Gasteiger partial charge in [-0.25, -0.2) is 0 Å². The van der Waals surface area contributed by atoms with Crippen LogP contribution in [0.4, 0.5) is 0 Å². The molecule has 0 aromatic rings. The van der Waals surface area contributed by atoms with Gasteiger partial charge in [0.2, 0.25) is 0 Å². The summed E-state index contributed by atoms with van der Waals surface area (Å²) in [7, 11) is 0. The molecule has 1 fully saturated rings. The molecule has 4 N–H and O–H groups in total. The van der Waals surface area contributed by atoms with Gasteiger partial charge in [-0.05, 0) is 43.1 Å². The molecule has 1 aliphatic rings. The van der Waals surface area contributed by atoms with Crippen LogP contribution in [0.1, 0.15) is 33.6 Å². The predicted octanol–water partition coefficient (Wildman–Crippen LogP) is 1.59. The van der Waals surface area contributed by atoms with Crippen molar-refractivity contribution >= 4 is 0 Å². The van der Waals surface area contributed by atoms with Crippen LogP contribution in [0.15, 0.2) is 0 Å². The van der Waals surface area contributed by atoms with Crippen molar-refractivity contribution in [2.75, 3.05) is 6.54 Å². The fourth-order valence-corrected chi connectivity index (χ4v) is 2.47. The van der Waals surface area contributed by atoms with E-state index in [2.05, 4.69) is 20.8 Å². The molecule has 13 heavy (non-hydrogen) atoms. The highest BCUT2D eigenvalue weighted by Crippen LogP contribution is 2.36. The van der Waals surface area contributed by atoms with Crippen LogP contribution in [-0.4, -0.2) is 12.6 Å². The van der Waals surface area contributed by atoms with E-state index in [1.807, 2.05) is 0 Å². The minimum atomic E-state index is 0.370. The molecule has 1 rings (SSSR count). The Morgan fingerprint density at radius 3 is 2.38 bits per heavy atom. The lowest BCUT2D eigenvalue weighted by atomic mass is 9.69. The fourth-order valence-electron chi connectivity index (χ4n) is 2.47. The molecule has 0 unspecified atom stereocenters. The molecule has 0 amide bonds. The van der Waals surface area contributed by atoms with Gasteiger partial charge < -0.3 is 11.5 Å². The van der Waals surface area contributed by atoms with Gasteiger partial charge in [-0.2, -0.15) is 0 Å². The molecule has 0 bridgehead atoms. The lowest BCUT2D eigenvalue weighted by molar-refractivity contribution is 0.139. The van der Waals surface area contributed by atoms with Crippen molar-refractivity contribution < 1.29 is 0 Å². The monoisotopic (exact) mass is 184 g/mol. The van der Waals surface area contributed by atoms with Crippen molar-refractivity contribution in [2.45, 2.75) is 39.7 Å². The van der Waals surface area contributed by atoms with Gasteiger partial charge in [-0.3, -0.25) is 0 Å². The molecule has 0 radical (unpaired) electrons. The van der Waals surface area contributed by atoms with E-state index in [9.17, 15) is 0 Å². The van der Waals surface area contributed by atoms with E-state index in [-0.39, 0.29) is 0 Å². The van der Waals surface area contributed by atoms with Crippen molar-refractivity contribution in [1.29, 1.82) is 0 Å². The molecule has 78 valence electrons. The van der Waals surface area contributed by atoms with Crippen molar-refractivity contribution in [3.05, 3.63) is 0 Å². The molecule has 2 heteroatoms. The van der Waals surface area contributed by atoms with E-state index in [0.29, 0.717) is 17.9 Å². The maximum absolute atomic E-state index is 6.12. The third kappa shape index (κ3) is 2.44. The molecule has 0 aromatic heterocycles. The molecule has 2 nitrogen and oxygen atoms in total. The summed E-state index contributed by atoms with van der Waals surface area (Å²) in [4.78, 5) is 0. The van der Waals surface area contributed by atoms with Gasteiger partial charge in [0.05, 0.1) is 0 Å². The number of hydrogen-bond donors (Lipinski definition) is 2. The molecular weight excluding hydrogens is 160 g/mol. The average molecular weight is 184 g/mol. The quantitative estimate of drug-likeness (QED) is 0.685. The van der Waals surface area contributed by atoms with E-state index in [1.54, 1.807) is 0 Å². The van der Waals surface area contributed by atoms with Crippen molar-refractivity contribution in [3.8, 4) is 0 Å². The van der Waals surface area contributed by atoms with Gasteiger partial charge in [0.25, 0.3) is 0 Å². The minimum Gasteiger partial charge on any atom is -0.330 e. The Balaban J connectivity index is 2.58. The van der Waals surface area contributed by atoms with E-state index >= 15 is 0 Å². The standard InChI is InChI=1S/C11H24N2/c1-7(2)9-4-10(6-12)8(3)11(13)5-9/h7-11H,4-6,12-13H2,1-3H3/t8-,9-,10-,11-/m0/s1. The largest absolute Gasteiger partial charge is 0.330 e. The van der Waals surface area contributed by atoms with E-state index in [1.165, 1.54) is 12.8 Å². The lowest BCUT2D eigenvalue weighted by Gasteiger charge is -2.39. The van der Waals surface area contributed by atoms with Crippen LogP contribution in [0, 0.1) is 23.7 Å². The predicted molar refractivity (Wildman–Crippen MR) is 57.2 cm³/mol. The van der Waals surface area contributed by atoms with Crippen molar-refractivity contribution in [2.24, 2.45) is 35.1 Å². The highest BCUT2D eigenvalue weighted by atomic mass is 14.7. The maximum atomic E-state index is 6.12. The summed E-state index contributed by atoms with van der Waals surface area (Å²) < 4.78 is 0. The first-order valence-corrected chi connectivity index (χ1v) is 5.51. The Labute approximate surface area is 82.1 Å². The summed E-state index contributed by atoms with van der Waals surface area (Å²) >= 11 is 0. The molecule has 0 spiro atoms. The van der Waals surface area contributed by atoms with Crippen LogP contribution in [0.2, 0.25) is 0 Å². The second kappa shape index (κ2) is 4.43. The summed E-state index contributed by atoms with van der Waals surface area (Å²) in [6.07, 6.45) is 2.47. The summed E-state index contributed by atoms with van der Waals surface area (Å²) in [5.41, 5.74) is 11.9. The van der Waals surface area contributed by atoms with Crippen LogP contribution in [0.5, 0.6) is 0 Å². The van der Waals surface area contributed by atoms with E-state index in [4.69, 9.17) is 11.5 Å². The summed E-state index contributed by atoms with van der Waals surface area (Å²) in [6.45, 7) is 7.64. The molecule has 0 aromatic carbocycles. The molecule has 0 aliphatic heterocycles. The average Bonchev–Trinajstić information content (AvgIpc) is 2.09. The second-order valence-electron chi connectivity index (χ2n) is 4.99. The Morgan fingerprint density at radius 2 is 1.92 bits per heavy atom. The number of rotatable bonds is 2. The van der Waals surface area contributed by atoms with Crippen LogP contribution in [0.3, 0.4) is 0 Å². The number of hydrogen-bond acceptors (Lipinski definition) is 2. The molecule has 0 heterocycles. The summed E-state index contributed by atoms with van der Waals surface area (Å²) in [6, 6.07) is 0.370. The SMILES string of the molecule is CC(C)[C@H]1C[C@@H](CN)[C@H](C)[C@@H](N)C1. The van der Waals surface area contributed by atoms with Crippen molar-refractivity contribution in [3.63, 3.8) is 0 Å². The van der Waals surface area contributed by atoms with Crippen LogP contribution >= 0.6 is 0 Å². The topological polar surface area (TPSA) is 52.0 Å². The first-order chi connectivity index (χ1) is 6.06. The van der Waals surface area contributed by atoms with Gasteiger partial charge in [-0.1, -0.05) is 20.8 Å². The molecule has 0 saturated heterocycles. The first-order valence-electron chi connectivity index (χ1n) is 5.51. The molecular formula is C11H24N2.